The van der Waals surface area contributed by atoms with E-state index in [1.54, 1.807) is 0 Å². The van der Waals surface area contributed by atoms with E-state index >= 15 is 0 Å². The van der Waals surface area contributed by atoms with E-state index < -0.39 is 0 Å². The van der Waals surface area contributed by atoms with Gasteiger partial charge in [0.05, 0.1) is 6.17 Å². The molecule has 0 fully saturated rings. The monoisotopic (exact) mass is 129 g/mol. The molecule has 9 heavy (non-hydrogen) atoms. The third-order valence-corrected chi connectivity index (χ3v) is 1.36. The quantitative estimate of drug-likeness (QED) is 0.550. The number of hydrogen-bond acceptors (Lipinski definition) is 1. The number of hydrogen-bond donors (Lipinski definition) is 1. The van der Waals surface area contributed by atoms with Crippen molar-refractivity contribution in [3.8, 4) is 0 Å². The van der Waals surface area contributed by atoms with Crippen molar-refractivity contribution in [3.63, 3.8) is 0 Å². The van der Waals surface area contributed by atoms with Crippen molar-refractivity contribution in [2.24, 2.45) is 0 Å². The molecule has 2 heteroatoms. The molecule has 0 saturated carbocycles. The summed E-state index contributed by atoms with van der Waals surface area (Å²) >= 11 is 0. The van der Waals surface area contributed by atoms with Crippen molar-refractivity contribution in [1.29, 1.82) is 0 Å². The van der Waals surface area contributed by atoms with Crippen LogP contribution in [0, 0.1) is 0 Å². The third kappa shape index (κ3) is 5.80. The van der Waals surface area contributed by atoms with Crippen LogP contribution in [-0.4, -0.2) is 19.8 Å². The highest BCUT2D eigenvalue weighted by Gasteiger charge is 1.93. The molecule has 0 heterocycles. The number of rotatable bonds is 5. The Balaban J connectivity index is 2.88. The van der Waals surface area contributed by atoms with Gasteiger partial charge in [-0.3, -0.25) is 0 Å². The fourth-order valence-corrected chi connectivity index (χ4v) is 0.579. The summed E-state index contributed by atoms with van der Waals surface area (Å²) in [6.45, 7) is 5.35. The summed E-state index contributed by atoms with van der Waals surface area (Å²) in [6, 6.07) is 0. The summed E-state index contributed by atoms with van der Waals surface area (Å²) in [5.41, 5.74) is 0. The lowest BCUT2D eigenvalue weighted by Crippen LogP contribution is -2.33. The van der Waals surface area contributed by atoms with Crippen LogP contribution < -0.4 is 10.6 Å². The third-order valence-electron chi connectivity index (χ3n) is 1.36. The second kappa shape index (κ2) is 6.05. The maximum atomic E-state index is 4.05. The first-order chi connectivity index (χ1) is 4.31. The van der Waals surface area contributed by atoms with Gasteiger partial charge in [-0.15, -0.1) is 0 Å². The Morgan fingerprint density at radius 1 is 1.56 bits per heavy atom. The van der Waals surface area contributed by atoms with Gasteiger partial charge in [-0.05, 0) is 19.9 Å². The van der Waals surface area contributed by atoms with Gasteiger partial charge in [-0.1, -0.05) is 13.3 Å². The second-order valence-electron chi connectivity index (χ2n) is 2.24. The predicted octanol–water partition coefficient (Wildman–Crippen LogP) is 0.956. The highest BCUT2D eigenvalue weighted by atomic mass is 15.1. The maximum Gasteiger partial charge on any atom is 0.0703 e. The van der Waals surface area contributed by atoms with Gasteiger partial charge in [-0.2, -0.15) is 0 Å². The zero-order chi connectivity index (χ0) is 7.11. The van der Waals surface area contributed by atoms with E-state index in [1.807, 2.05) is 7.05 Å². The molecule has 1 radical (unpaired) electrons. The molecule has 0 saturated heterocycles. The fraction of sp³-hybridized carbons (Fsp3) is 1.00. The molecule has 1 atom stereocenters. The molecule has 1 unspecified atom stereocenters. The molecule has 0 aromatic carbocycles. The highest BCUT2D eigenvalue weighted by Crippen LogP contribution is 1.83. The van der Waals surface area contributed by atoms with Crippen LogP contribution >= 0.6 is 0 Å². The molecule has 0 aromatic heterocycles. The Morgan fingerprint density at radius 3 is 2.67 bits per heavy atom. The summed E-state index contributed by atoms with van der Waals surface area (Å²) < 4.78 is 0. The molecule has 0 aliphatic carbocycles. The predicted molar refractivity (Wildman–Crippen MR) is 40.4 cm³/mol. The molecule has 2 nitrogen and oxygen atoms in total. The van der Waals surface area contributed by atoms with Crippen LogP contribution in [0.1, 0.15) is 26.7 Å². The largest absolute Gasteiger partial charge is 0.301 e. The van der Waals surface area contributed by atoms with E-state index in [-0.39, 0.29) is 0 Å². The van der Waals surface area contributed by atoms with Gasteiger partial charge in [0, 0.05) is 7.05 Å². The molecule has 0 rings (SSSR count). The summed E-state index contributed by atoms with van der Waals surface area (Å²) in [6.07, 6.45) is 2.83. The first-order valence-corrected chi connectivity index (χ1v) is 3.63. The van der Waals surface area contributed by atoms with Crippen LogP contribution in [0.15, 0.2) is 0 Å². The van der Waals surface area contributed by atoms with Crippen LogP contribution in [0.4, 0.5) is 0 Å². The van der Waals surface area contributed by atoms with Crippen LogP contribution in [0.3, 0.4) is 0 Å². The first-order valence-electron chi connectivity index (χ1n) is 3.63. The SMILES string of the molecule is CCCCNC(C)[N]C. The van der Waals surface area contributed by atoms with Gasteiger partial charge in [-0.25, -0.2) is 5.32 Å². The Kier molecular flexibility index (Phi) is 5.99. The first kappa shape index (κ1) is 8.92. The molecule has 0 aliphatic heterocycles. The Bertz CT molecular complexity index is 54.9. The van der Waals surface area contributed by atoms with E-state index in [0.717, 1.165) is 6.54 Å². The number of nitrogens with zero attached hydrogens (tertiary/aromatic N) is 1. The lowest BCUT2D eigenvalue weighted by atomic mass is 10.3. The Morgan fingerprint density at radius 2 is 2.22 bits per heavy atom. The average Bonchev–Trinajstić information content (AvgIpc) is 1.89. The van der Waals surface area contributed by atoms with Gasteiger partial charge in [0.1, 0.15) is 0 Å². The molecule has 0 aromatic rings. The van der Waals surface area contributed by atoms with Crippen molar-refractivity contribution in [2.45, 2.75) is 32.9 Å². The van der Waals surface area contributed by atoms with Gasteiger partial charge in [0.15, 0.2) is 0 Å². The Labute approximate surface area is 58.0 Å². The normalized spacial score (nSPS) is 13.7. The maximum absolute atomic E-state index is 4.05. The van der Waals surface area contributed by atoms with E-state index in [1.165, 1.54) is 12.8 Å². The second-order valence-corrected chi connectivity index (χ2v) is 2.24. The van der Waals surface area contributed by atoms with Crippen molar-refractivity contribution in [3.05, 3.63) is 0 Å². The van der Waals surface area contributed by atoms with E-state index in [9.17, 15) is 0 Å². The minimum Gasteiger partial charge on any atom is -0.301 e. The lowest BCUT2D eigenvalue weighted by molar-refractivity contribution is 0.474. The molecule has 0 spiro atoms. The van der Waals surface area contributed by atoms with Crippen molar-refractivity contribution in [1.82, 2.24) is 10.6 Å². The molecule has 0 aliphatic rings. The number of nitrogens with one attached hydrogen (secondary N) is 1. The zero-order valence-corrected chi connectivity index (χ0v) is 6.65. The number of unbranched alkanes of at least 4 members (excludes halogenated alkanes) is 1. The van der Waals surface area contributed by atoms with Crippen LogP contribution in [0.2, 0.25) is 0 Å². The van der Waals surface area contributed by atoms with Gasteiger partial charge in [0.25, 0.3) is 0 Å². The topological polar surface area (TPSA) is 26.1 Å². The summed E-state index contributed by atoms with van der Waals surface area (Å²) in [4.78, 5) is 0. The smallest absolute Gasteiger partial charge is 0.0703 e. The standard InChI is InChI=1S/C7H17N2/c1-4-5-6-9-7(2)8-3/h7,9H,4-6H2,1-3H3. The summed E-state index contributed by atoms with van der Waals surface area (Å²) in [5, 5.41) is 7.32. The summed E-state index contributed by atoms with van der Waals surface area (Å²) in [5.74, 6) is 0. The summed E-state index contributed by atoms with van der Waals surface area (Å²) in [7, 11) is 1.84. The molecule has 1 N–H and O–H groups in total. The zero-order valence-electron chi connectivity index (χ0n) is 6.65. The molecular formula is C7H17N2. The average molecular weight is 129 g/mol. The van der Waals surface area contributed by atoms with Crippen molar-refractivity contribution < 1.29 is 0 Å². The molecule has 0 bridgehead atoms. The van der Waals surface area contributed by atoms with Crippen LogP contribution in [-0.2, 0) is 0 Å². The van der Waals surface area contributed by atoms with Crippen molar-refractivity contribution >= 4 is 0 Å². The fourth-order valence-electron chi connectivity index (χ4n) is 0.579. The van der Waals surface area contributed by atoms with E-state index in [2.05, 4.69) is 24.5 Å². The minimum absolute atomic E-state index is 0.330. The van der Waals surface area contributed by atoms with E-state index in [0.29, 0.717) is 6.17 Å². The van der Waals surface area contributed by atoms with Crippen molar-refractivity contribution in [2.75, 3.05) is 13.6 Å². The molecular weight excluding hydrogens is 112 g/mol. The van der Waals surface area contributed by atoms with Crippen LogP contribution in [0.25, 0.3) is 0 Å². The molecule has 55 valence electrons. The van der Waals surface area contributed by atoms with Gasteiger partial charge >= 0.3 is 0 Å². The van der Waals surface area contributed by atoms with E-state index in [4.69, 9.17) is 0 Å². The van der Waals surface area contributed by atoms with Gasteiger partial charge in [0.2, 0.25) is 0 Å². The highest BCUT2D eigenvalue weighted by molar-refractivity contribution is 4.52. The lowest BCUT2D eigenvalue weighted by Gasteiger charge is -2.09. The minimum atomic E-state index is 0.330. The molecule has 0 amide bonds. The Hall–Kier alpha value is -0.0800. The van der Waals surface area contributed by atoms with Crippen LogP contribution in [0.5, 0.6) is 0 Å². The van der Waals surface area contributed by atoms with Gasteiger partial charge < -0.3 is 5.32 Å².